The summed E-state index contributed by atoms with van der Waals surface area (Å²) < 4.78 is 13.4. The van der Waals surface area contributed by atoms with E-state index in [9.17, 15) is 4.79 Å². The molecule has 0 atom stereocenters. The van der Waals surface area contributed by atoms with Gasteiger partial charge in [-0.3, -0.25) is 9.48 Å². The highest BCUT2D eigenvalue weighted by atomic mass is 16.5. The van der Waals surface area contributed by atoms with Gasteiger partial charge in [0, 0.05) is 12.6 Å². The third kappa shape index (κ3) is 3.53. The number of nitrogens with zero attached hydrogens (tertiary/aromatic N) is 3. The van der Waals surface area contributed by atoms with E-state index in [1.54, 1.807) is 12.3 Å². The summed E-state index contributed by atoms with van der Waals surface area (Å²) in [4.78, 5) is 15.1. The minimum Gasteiger partial charge on any atom is -0.490 e. The van der Waals surface area contributed by atoms with Crippen molar-refractivity contribution in [2.75, 3.05) is 38.7 Å². The Labute approximate surface area is 152 Å². The number of fused-ring (bicyclic) bond motifs is 1. The molecule has 1 fully saturated rings. The van der Waals surface area contributed by atoms with Gasteiger partial charge in [-0.15, -0.1) is 0 Å². The topological polar surface area (TPSA) is 68.6 Å². The third-order valence-electron chi connectivity index (χ3n) is 4.94. The van der Waals surface area contributed by atoms with Crippen LogP contribution in [0.1, 0.15) is 35.7 Å². The quantitative estimate of drug-likeness (QED) is 0.915. The standard InChI is InChI=1S/C19H24N4O3/c1-22-8-6-15(7-9-22)23-13-14(12-20-23)21-19(24)16-4-2-5-17-18(16)26-11-3-10-25-17/h2,4-5,12-13,15H,3,6-11H2,1H3,(H,21,24). The average Bonchev–Trinajstić information content (AvgIpc) is 2.97. The average molecular weight is 356 g/mol. The Morgan fingerprint density at radius 2 is 2.04 bits per heavy atom. The maximum absolute atomic E-state index is 12.7. The number of nitrogens with one attached hydrogen (secondary N) is 1. The van der Waals surface area contributed by atoms with Gasteiger partial charge in [-0.25, -0.2) is 0 Å². The fourth-order valence-electron chi connectivity index (χ4n) is 3.43. The van der Waals surface area contributed by atoms with Crippen molar-refractivity contribution in [2.24, 2.45) is 0 Å². The Hall–Kier alpha value is -2.54. The molecule has 4 rings (SSSR count). The van der Waals surface area contributed by atoms with E-state index >= 15 is 0 Å². The Bertz CT molecular complexity index is 781. The van der Waals surface area contributed by atoms with Gasteiger partial charge in [0.15, 0.2) is 11.5 Å². The number of rotatable bonds is 3. The predicted molar refractivity (Wildman–Crippen MR) is 98.0 cm³/mol. The summed E-state index contributed by atoms with van der Waals surface area (Å²) in [7, 11) is 2.14. The smallest absolute Gasteiger partial charge is 0.259 e. The minimum absolute atomic E-state index is 0.213. The van der Waals surface area contributed by atoms with E-state index in [1.165, 1.54) is 0 Å². The Morgan fingerprint density at radius 1 is 1.23 bits per heavy atom. The third-order valence-corrected chi connectivity index (χ3v) is 4.94. The molecule has 26 heavy (non-hydrogen) atoms. The van der Waals surface area contributed by atoms with E-state index in [0.29, 0.717) is 42.0 Å². The summed E-state index contributed by atoms with van der Waals surface area (Å²) in [5.74, 6) is 0.928. The van der Waals surface area contributed by atoms with Gasteiger partial charge in [-0.1, -0.05) is 6.07 Å². The van der Waals surface area contributed by atoms with E-state index in [1.807, 2.05) is 23.0 Å². The number of likely N-dealkylation sites (tertiary alicyclic amines) is 1. The van der Waals surface area contributed by atoms with Gasteiger partial charge in [0.05, 0.1) is 36.7 Å². The van der Waals surface area contributed by atoms with Gasteiger partial charge < -0.3 is 19.7 Å². The van der Waals surface area contributed by atoms with Crippen LogP contribution in [0.25, 0.3) is 0 Å². The molecule has 3 heterocycles. The van der Waals surface area contributed by atoms with Gasteiger partial charge in [0.2, 0.25) is 0 Å². The van der Waals surface area contributed by atoms with Crippen LogP contribution in [0.4, 0.5) is 5.69 Å². The number of carbonyl (C=O) groups is 1. The van der Waals surface area contributed by atoms with Gasteiger partial charge >= 0.3 is 0 Å². The monoisotopic (exact) mass is 356 g/mol. The van der Waals surface area contributed by atoms with Gasteiger partial charge in [-0.05, 0) is 45.1 Å². The minimum atomic E-state index is -0.213. The number of hydrogen-bond donors (Lipinski definition) is 1. The van der Waals surface area contributed by atoms with Crippen LogP contribution in [0.2, 0.25) is 0 Å². The van der Waals surface area contributed by atoms with Crippen molar-refractivity contribution in [3.8, 4) is 11.5 Å². The highest BCUT2D eigenvalue weighted by Crippen LogP contribution is 2.33. The number of piperidine rings is 1. The summed E-state index contributed by atoms with van der Waals surface area (Å²) in [6, 6.07) is 5.78. The first-order valence-electron chi connectivity index (χ1n) is 9.13. The lowest BCUT2D eigenvalue weighted by atomic mass is 10.1. The van der Waals surface area contributed by atoms with Crippen LogP contribution in [0.5, 0.6) is 11.5 Å². The number of ether oxygens (including phenoxy) is 2. The normalized spacial score (nSPS) is 18.3. The second kappa shape index (κ2) is 7.37. The molecular formula is C19H24N4O3. The molecule has 0 radical (unpaired) electrons. The molecule has 1 amide bonds. The van der Waals surface area contributed by atoms with Crippen molar-refractivity contribution in [3.05, 3.63) is 36.2 Å². The molecule has 2 aromatic rings. The van der Waals surface area contributed by atoms with E-state index in [4.69, 9.17) is 9.47 Å². The second-order valence-electron chi connectivity index (χ2n) is 6.88. The van der Waals surface area contributed by atoms with Gasteiger partial charge in [0.1, 0.15) is 0 Å². The largest absolute Gasteiger partial charge is 0.490 e. The first-order valence-corrected chi connectivity index (χ1v) is 9.13. The molecule has 2 aliphatic rings. The van der Waals surface area contributed by atoms with Crippen molar-refractivity contribution in [3.63, 3.8) is 0 Å². The van der Waals surface area contributed by atoms with E-state index in [-0.39, 0.29) is 5.91 Å². The maximum atomic E-state index is 12.7. The Balaban J connectivity index is 1.47. The lowest BCUT2D eigenvalue weighted by Gasteiger charge is -2.28. The highest BCUT2D eigenvalue weighted by molar-refractivity contribution is 6.06. The summed E-state index contributed by atoms with van der Waals surface area (Å²) in [5, 5.41) is 7.37. The molecule has 7 nitrogen and oxygen atoms in total. The zero-order valence-electron chi connectivity index (χ0n) is 15.0. The van der Waals surface area contributed by atoms with E-state index in [2.05, 4.69) is 22.4 Å². The molecule has 2 aliphatic heterocycles. The molecular weight excluding hydrogens is 332 g/mol. The zero-order valence-corrected chi connectivity index (χ0v) is 15.0. The number of amides is 1. The molecule has 7 heteroatoms. The van der Waals surface area contributed by atoms with Crippen LogP contribution in [-0.4, -0.2) is 53.9 Å². The first-order chi connectivity index (χ1) is 12.7. The number of aromatic nitrogens is 2. The fourth-order valence-corrected chi connectivity index (χ4v) is 3.43. The molecule has 1 aromatic heterocycles. The Kier molecular flexibility index (Phi) is 4.79. The van der Waals surface area contributed by atoms with Crippen molar-refractivity contribution in [2.45, 2.75) is 25.3 Å². The molecule has 0 saturated carbocycles. The van der Waals surface area contributed by atoms with Crippen molar-refractivity contribution in [1.82, 2.24) is 14.7 Å². The predicted octanol–water partition coefficient (Wildman–Crippen LogP) is 2.56. The maximum Gasteiger partial charge on any atom is 0.259 e. The van der Waals surface area contributed by atoms with Crippen LogP contribution >= 0.6 is 0 Å². The lowest BCUT2D eigenvalue weighted by Crippen LogP contribution is -2.31. The number of carbonyl (C=O) groups excluding carboxylic acids is 1. The van der Waals surface area contributed by atoms with E-state index < -0.39 is 0 Å². The van der Waals surface area contributed by atoms with Crippen molar-refractivity contribution < 1.29 is 14.3 Å². The molecule has 0 aliphatic carbocycles. The van der Waals surface area contributed by atoms with Crippen molar-refractivity contribution in [1.29, 1.82) is 0 Å². The molecule has 1 saturated heterocycles. The summed E-state index contributed by atoms with van der Waals surface area (Å²) in [6.45, 7) is 3.28. The Morgan fingerprint density at radius 3 is 2.88 bits per heavy atom. The molecule has 1 aromatic carbocycles. The lowest BCUT2D eigenvalue weighted by molar-refractivity contribution is 0.102. The SMILES string of the molecule is CN1CCC(n2cc(NC(=O)c3cccc4c3OCCCO4)cn2)CC1. The van der Waals surface area contributed by atoms with Crippen molar-refractivity contribution >= 4 is 11.6 Å². The number of para-hydroxylation sites is 1. The number of benzene rings is 1. The van der Waals surface area contributed by atoms with E-state index in [0.717, 1.165) is 32.4 Å². The van der Waals surface area contributed by atoms with Gasteiger partial charge in [0.25, 0.3) is 5.91 Å². The number of hydrogen-bond acceptors (Lipinski definition) is 5. The second-order valence-corrected chi connectivity index (χ2v) is 6.88. The first kappa shape index (κ1) is 16.9. The summed E-state index contributed by atoms with van der Waals surface area (Å²) in [6.07, 6.45) is 6.56. The molecule has 0 bridgehead atoms. The molecule has 138 valence electrons. The molecule has 0 spiro atoms. The van der Waals surface area contributed by atoms with Crippen LogP contribution in [0, 0.1) is 0 Å². The van der Waals surface area contributed by atoms with Gasteiger partial charge in [-0.2, -0.15) is 5.10 Å². The zero-order chi connectivity index (χ0) is 17.9. The molecule has 1 N–H and O–H groups in total. The fraction of sp³-hybridized carbons (Fsp3) is 0.474. The van der Waals surface area contributed by atoms with Crippen LogP contribution in [0.3, 0.4) is 0 Å². The van der Waals surface area contributed by atoms with Crippen LogP contribution in [-0.2, 0) is 0 Å². The summed E-state index contributed by atoms with van der Waals surface area (Å²) >= 11 is 0. The molecule has 0 unspecified atom stereocenters. The highest BCUT2D eigenvalue weighted by Gasteiger charge is 2.21. The summed E-state index contributed by atoms with van der Waals surface area (Å²) in [5.41, 5.74) is 1.18. The van der Waals surface area contributed by atoms with Crippen LogP contribution < -0.4 is 14.8 Å². The number of anilines is 1. The van der Waals surface area contributed by atoms with Crippen LogP contribution in [0.15, 0.2) is 30.6 Å².